The molecular formula is C18H18N4O2S. The molecule has 2 heterocycles. The Hall–Kier alpha value is -2.80. The lowest BCUT2D eigenvalue weighted by Crippen LogP contribution is -2.26. The summed E-state index contributed by atoms with van der Waals surface area (Å²) in [4.78, 5) is 18.1. The molecule has 0 bridgehead atoms. The highest BCUT2D eigenvalue weighted by molar-refractivity contribution is 7.18. The van der Waals surface area contributed by atoms with Gasteiger partial charge in [-0.15, -0.1) is 10.2 Å². The number of benzene rings is 1. The van der Waals surface area contributed by atoms with Gasteiger partial charge in [-0.2, -0.15) is 0 Å². The van der Waals surface area contributed by atoms with Crippen molar-refractivity contribution in [2.24, 2.45) is 0 Å². The van der Waals surface area contributed by atoms with E-state index in [1.807, 2.05) is 36.4 Å². The molecule has 0 saturated heterocycles. The monoisotopic (exact) mass is 354 g/mol. The van der Waals surface area contributed by atoms with Gasteiger partial charge in [0.15, 0.2) is 5.01 Å². The van der Waals surface area contributed by atoms with Crippen LogP contribution in [0.4, 0.5) is 5.13 Å². The van der Waals surface area contributed by atoms with Gasteiger partial charge in [-0.05, 0) is 30.2 Å². The molecule has 0 aliphatic heterocycles. The maximum absolute atomic E-state index is 12.5. The first-order valence-corrected chi connectivity index (χ1v) is 8.63. The topological polar surface area (TPSA) is 68.2 Å². The minimum Gasteiger partial charge on any atom is -0.496 e. The number of aromatic nitrogens is 3. The zero-order chi connectivity index (χ0) is 17.6. The summed E-state index contributed by atoms with van der Waals surface area (Å²) in [7, 11) is 3.35. The van der Waals surface area contributed by atoms with Crippen molar-refractivity contribution in [3.63, 3.8) is 0 Å². The van der Waals surface area contributed by atoms with Gasteiger partial charge in [0.05, 0.1) is 7.11 Å². The van der Waals surface area contributed by atoms with E-state index < -0.39 is 0 Å². The van der Waals surface area contributed by atoms with E-state index in [1.54, 1.807) is 31.5 Å². The van der Waals surface area contributed by atoms with Crippen molar-refractivity contribution in [1.82, 2.24) is 15.2 Å². The molecule has 0 spiro atoms. The molecular weight excluding hydrogens is 336 g/mol. The van der Waals surface area contributed by atoms with Crippen LogP contribution in [0.3, 0.4) is 0 Å². The molecule has 0 aliphatic rings. The van der Waals surface area contributed by atoms with Gasteiger partial charge >= 0.3 is 0 Å². The summed E-state index contributed by atoms with van der Waals surface area (Å²) >= 11 is 1.37. The summed E-state index contributed by atoms with van der Waals surface area (Å²) in [6.07, 6.45) is 4.42. The molecule has 3 aromatic rings. The Balaban J connectivity index is 1.66. The van der Waals surface area contributed by atoms with Crippen molar-refractivity contribution in [3.05, 3.63) is 54.4 Å². The smallest absolute Gasteiger partial charge is 0.228 e. The number of aryl methyl sites for hydroxylation is 1. The Morgan fingerprint density at radius 1 is 1.20 bits per heavy atom. The fourth-order valence-electron chi connectivity index (χ4n) is 2.38. The highest BCUT2D eigenvalue weighted by Crippen LogP contribution is 2.28. The van der Waals surface area contributed by atoms with Crippen LogP contribution >= 0.6 is 11.3 Å². The molecule has 7 heteroatoms. The lowest BCUT2D eigenvalue weighted by molar-refractivity contribution is -0.118. The first kappa shape index (κ1) is 17.0. The molecule has 2 aromatic heterocycles. The van der Waals surface area contributed by atoms with E-state index in [0.29, 0.717) is 18.0 Å². The van der Waals surface area contributed by atoms with Crippen molar-refractivity contribution < 1.29 is 9.53 Å². The Bertz CT molecular complexity index is 851. The second-order valence-corrected chi connectivity index (χ2v) is 6.35. The van der Waals surface area contributed by atoms with Crippen LogP contribution < -0.4 is 9.64 Å². The Labute approximate surface area is 150 Å². The third-order valence-electron chi connectivity index (χ3n) is 3.78. The number of pyridine rings is 1. The SMILES string of the molecule is COc1ccccc1CCC(=O)N(C)c1nnc(-c2cccnc2)s1. The van der Waals surface area contributed by atoms with Gasteiger partial charge in [0.1, 0.15) is 5.75 Å². The van der Waals surface area contributed by atoms with Crippen LogP contribution in [0.1, 0.15) is 12.0 Å². The Morgan fingerprint density at radius 2 is 2.04 bits per heavy atom. The first-order valence-electron chi connectivity index (χ1n) is 7.81. The van der Waals surface area contributed by atoms with Gasteiger partial charge in [0.2, 0.25) is 11.0 Å². The van der Waals surface area contributed by atoms with Gasteiger partial charge in [-0.3, -0.25) is 14.7 Å². The number of para-hydroxylation sites is 1. The van der Waals surface area contributed by atoms with E-state index in [1.165, 1.54) is 11.3 Å². The van der Waals surface area contributed by atoms with Crippen LogP contribution in [0, 0.1) is 0 Å². The van der Waals surface area contributed by atoms with Crippen LogP contribution in [-0.4, -0.2) is 35.2 Å². The maximum atomic E-state index is 12.5. The van der Waals surface area contributed by atoms with E-state index in [4.69, 9.17) is 4.74 Å². The van der Waals surface area contributed by atoms with Crippen LogP contribution in [-0.2, 0) is 11.2 Å². The summed E-state index contributed by atoms with van der Waals surface area (Å²) in [5, 5.41) is 9.59. The van der Waals surface area contributed by atoms with Crippen LogP contribution in [0.2, 0.25) is 0 Å². The van der Waals surface area contributed by atoms with Crippen molar-refractivity contribution in [2.45, 2.75) is 12.8 Å². The van der Waals surface area contributed by atoms with Gasteiger partial charge in [-0.1, -0.05) is 29.5 Å². The first-order chi connectivity index (χ1) is 12.2. The molecule has 0 saturated carbocycles. The number of hydrogen-bond donors (Lipinski definition) is 0. The largest absolute Gasteiger partial charge is 0.496 e. The highest BCUT2D eigenvalue weighted by atomic mass is 32.1. The Kier molecular flexibility index (Phi) is 5.35. The molecule has 0 aliphatic carbocycles. The molecule has 1 aromatic carbocycles. The van der Waals surface area contributed by atoms with Gasteiger partial charge in [0, 0.05) is 31.4 Å². The quantitative estimate of drug-likeness (QED) is 0.680. The zero-order valence-electron chi connectivity index (χ0n) is 14.0. The lowest BCUT2D eigenvalue weighted by atomic mass is 10.1. The number of rotatable bonds is 6. The van der Waals surface area contributed by atoms with Gasteiger partial charge in [0.25, 0.3) is 0 Å². The molecule has 0 atom stereocenters. The van der Waals surface area contributed by atoms with Gasteiger partial charge < -0.3 is 4.74 Å². The molecule has 0 fully saturated rings. The minimum atomic E-state index is -0.0141. The molecule has 25 heavy (non-hydrogen) atoms. The van der Waals surface area contributed by atoms with Crippen LogP contribution in [0.15, 0.2) is 48.8 Å². The van der Waals surface area contributed by atoms with Crippen molar-refractivity contribution in [1.29, 1.82) is 0 Å². The summed E-state index contributed by atoms with van der Waals surface area (Å²) in [6.45, 7) is 0. The normalized spacial score (nSPS) is 10.5. The third kappa shape index (κ3) is 4.00. The molecule has 0 N–H and O–H groups in total. The average Bonchev–Trinajstić information content (AvgIpc) is 3.16. The maximum Gasteiger partial charge on any atom is 0.228 e. The average molecular weight is 354 g/mol. The molecule has 1 amide bonds. The number of hydrogen-bond acceptors (Lipinski definition) is 6. The predicted molar refractivity (Wildman–Crippen MR) is 97.9 cm³/mol. The number of ether oxygens (including phenoxy) is 1. The summed E-state index contributed by atoms with van der Waals surface area (Å²) in [6, 6.07) is 11.5. The number of carbonyl (C=O) groups is 1. The minimum absolute atomic E-state index is 0.0141. The number of nitrogens with zero attached hydrogens (tertiary/aromatic N) is 4. The lowest BCUT2D eigenvalue weighted by Gasteiger charge is -2.13. The fraction of sp³-hybridized carbons (Fsp3) is 0.222. The molecule has 0 radical (unpaired) electrons. The summed E-state index contributed by atoms with van der Waals surface area (Å²) < 4.78 is 5.32. The molecule has 128 valence electrons. The van der Waals surface area contributed by atoms with Crippen molar-refractivity contribution in [3.8, 4) is 16.3 Å². The number of amides is 1. The number of carbonyl (C=O) groups excluding carboxylic acids is 1. The molecule has 3 rings (SSSR count). The van der Waals surface area contributed by atoms with E-state index in [2.05, 4.69) is 15.2 Å². The van der Waals surface area contributed by atoms with E-state index in [9.17, 15) is 4.79 Å². The standard InChI is InChI=1S/C18H18N4O2S/c1-22(16(23)10-9-13-6-3-4-8-15(13)24-2)18-21-20-17(25-18)14-7-5-11-19-12-14/h3-8,11-12H,9-10H2,1-2H3. The van der Waals surface area contributed by atoms with E-state index in [0.717, 1.165) is 21.9 Å². The molecule has 0 unspecified atom stereocenters. The van der Waals surface area contributed by atoms with Crippen LogP contribution in [0.5, 0.6) is 5.75 Å². The summed E-state index contributed by atoms with van der Waals surface area (Å²) in [5.41, 5.74) is 1.90. The third-order valence-corrected chi connectivity index (χ3v) is 4.83. The second-order valence-electron chi connectivity index (χ2n) is 5.40. The van der Waals surface area contributed by atoms with Crippen molar-refractivity contribution in [2.75, 3.05) is 19.1 Å². The fourth-order valence-corrected chi connectivity index (χ4v) is 3.20. The number of anilines is 1. The zero-order valence-corrected chi connectivity index (χ0v) is 14.9. The van der Waals surface area contributed by atoms with Crippen molar-refractivity contribution >= 4 is 22.4 Å². The predicted octanol–water partition coefficient (Wildman–Crippen LogP) is 3.20. The second kappa shape index (κ2) is 7.85. The van der Waals surface area contributed by atoms with E-state index >= 15 is 0 Å². The highest BCUT2D eigenvalue weighted by Gasteiger charge is 2.17. The van der Waals surface area contributed by atoms with E-state index in [-0.39, 0.29) is 5.91 Å². The number of methoxy groups -OCH3 is 1. The summed E-state index contributed by atoms with van der Waals surface area (Å²) in [5.74, 6) is 0.785. The molecule has 6 nitrogen and oxygen atoms in total. The van der Waals surface area contributed by atoms with Gasteiger partial charge in [-0.25, -0.2) is 0 Å². The van der Waals surface area contributed by atoms with Crippen LogP contribution in [0.25, 0.3) is 10.6 Å². The Morgan fingerprint density at radius 3 is 2.80 bits per heavy atom.